The fraction of sp³-hybridized carbons (Fsp3) is 0.263. The van der Waals surface area contributed by atoms with Gasteiger partial charge in [0, 0.05) is 48.2 Å². The van der Waals surface area contributed by atoms with Crippen molar-refractivity contribution in [2.45, 2.75) is 38.1 Å². The summed E-state index contributed by atoms with van der Waals surface area (Å²) < 4.78 is 69.6. The smallest absolute Gasteiger partial charge is 0.337 e. The first kappa shape index (κ1) is 33.9. The van der Waals surface area contributed by atoms with Gasteiger partial charge in [-0.2, -0.15) is 0 Å². The monoisotopic (exact) mass is 697 g/mol. The molecular weight excluding hydrogens is 663 g/mol. The Morgan fingerprint density at radius 1 is 1.00 bits per heavy atom. The third-order valence-electron chi connectivity index (χ3n) is 8.90. The van der Waals surface area contributed by atoms with Crippen LogP contribution in [0.25, 0.3) is 27.9 Å². The second-order valence-corrected chi connectivity index (χ2v) is 12.3. The molecule has 0 amide bonds. The Morgan fingerprint density at radius 3 is 2.51 bits per heavy atom. The number of aromatic nitrogens is 3. The van der Waals surface area contributed by atoms with Gasteiger partial charge in [0.05, 0.1) is 61.3 Å². The van der Waals surface area contributed by atoms with E-state index in [4.69, 9.17) is 29.7 Å². The van der Waals surface area contributed by atoms with Crippen LogP contribution in [-0.4, -0.2) is 65.8 Å². The number of imidazole rings is 1. The summed E-state index contributed by atoms with van der Waals surface area (Å²) in [5, 5.41) is 0. The van der Waals surface area contributed by atoms with Crippen LogP contribution in [0.15, 0.2) is 77.9 Å². The fourth-order valence-electron chi connectivity index (χ4n) is 5.83. The molecule has 0 aliphatic carbocycles. The normalized spacial score (nSPS) is 16.3. The minimum Gasteiger partial charge on any atom is -0.473 e. The van der Waals surface area contributed by atoms with E-state index >= 15 is 13.2 Å². The highest BCUT2D eigenvalue weighted by molar-refractivity contribution is 6.09. The molecule has 0 saturated carbocycles. The molecule has 262 valence electrons. The number of allylic oxidation sites excluding steroid dienone is 1. The van der Waals surface area contributed by atoms with E-state index < -0.39 is 23.4 Å². The lowest BCUT2D eigenvalue weighted by molar-refractivity contribution is -0.0589. The number of aliphatic imine (C=N–C) groups is 1. The number of ether oxygens (including phenoxy) is 4. The first-order valence-corrected chi connectivity index (χ1v) is 16.4. The maximum absolute atomic E-state index is 15.7. The van der Waals surface area contributed by atoms with Crippen molar-refractivity contribution in [3.05, 3.63) is 118 Å². The Labute approximate surface area is 291 Å². The number of hydrogen-bond acceptors (Lipinski definition) is 9. The lowest BCUT2D eigenvalue weighted by Gasteiger charge is -2.27. The number of esters is 1. The summed E-state index contributed by atoms with van der Waals surface area (Å²) >= 11 is 0. The largest absolute Gasteiger partial charge is 0.473 e. The maximum Gasteiger partial charge on any atom is 0.337 e. The van der Waals surface area contributed by atoms with Gasteiger partial charge in [-0.15, -0.1) is 0 Å². The zero-order chi connectivity index (χ0) is 35.5. The van der Waals surface area contributed by atoms with Crippen LogP contribution in [0.1, 0.15) is 39.3 Å². The van der Waals surface area contributed by atoms with Gasteiger partial charge in [0.2, 0.25) is 5.88 Å². The van der Waals surface area contributed by atoms with Crippen LogP contribution in [0.5, 0.6) is 5.88 Å². The Kier molecular flexibility index (Phi) is 9.82. The summed E-state index contributed by atoms with van der Waals surface area (Å²) in [7, 11) is 1.31. The van der Waals surface area contributed by atoms with Crippen molar-refractivity contribution in [3.8, 4) is 17.1 Å². The van der Waals surface area contributed by atoms with Crippen molar-refractivity contribution in [3.63, 3.8) is 0 Å². The molecule has 2 aliphatic rings. The van der Waals surface area contributed by atoms with Gasteiger partial charge in [-0.1, -0.05) is 18.2 Å². The van der Waals surface area contributed by atoms with E-state index in [1.165, 1.54) is 25.4 Å². The van der Waals surface area contributed by atoms with Gasteiger partial charge in [-0.05, 0) is 60.0 Å². The molecule has 4 heterocycles. The van der Waals surface area contributed by atoms with Crippen LogP contribution in [0.2, 0.25) is 0 Å². The third-order valence-corrected chi connectivity index (χ3v) is 8.90. The standard InChI is InChI=1S/C38H34F3N5O5/c1-48-38(47)23-7-8-34-35(13-23)46(18-28-9-10-50-28)36(44-34)14-25-12-32(41)29(15-31(25)40)33-3-2-4-37(45-33)51-19-24-6-5-22(11-30(24)39)26(16-42)17-43-27-20-49-21-27/h2-8,11-13,15-17,27-28H,9-10,14,18-21,42H2,1H3/t28-/m0/s1. The van der Waals surface area contributed by atoms with Crippen molar-refractivity contribution in [2.75, 3.05) is 26.9 Å². The Hall–Kier alpha value is -5.53. The van der Waals surface area contributed by atoms with E-state index in [1.54, 1.807) is 48.7 Å². The minimum atomic E-state index is -0.687. The lowest BCUT2D eigenvalue weighted by atomic mass is 10.0. The summed E-state index contributed by atoms with van der Waals surface area (Å²) in [5.41, 5.74) is 8.94. The number of nitrogens with two attached hydrogens (primary N) is 1. The van der Waals surface area contributed by atoms with E-state index in [2.05, 4.69) is 9.98 Å². The molecule has 1 atom stereocenters. The average Bonchev–Trinajstić information content (AvgIpc) is 3.43. The number of nitrogens with zero attached hydrogens (tertiary/aromatic N) is 4. The molecule has 2 fully saturated rings. The molecule has 51 heavy (non-hydrogen) atoms. The highest BCUT2D eigenvalue weighted by Crippen LogP contribution is 2.29. The predicted molar refractivity (Wildman–Crippen MR) is 184 cm³/mol. The van der Waals surface area contributed by atoms with E-state index in [0.717, 1.165) is 18.6 Å². The zero-order valence-electron chi connectivity index (χ0n) is 27.7. The van der Waals surface area contributed by atoms with Crippen LogP contribution >= 0.6 is 0 Å². The second kappa shape index (κ2) is 14.8. The average molecular weight is 698 g/mol. The van der Waals surface area contributed by atoms with E-state index in [9.17, 15) is 4.79 Å². The summed E-state index contributed by atoms with van der Waals surface area (Å²) in [6, 6.07) is 16.6. The van der Waals surface area contributed by atoms with E-state index in [0.29, 0.717) is 59.9 Å². The van der Waals surface area contributed by atoms with Gasteiger partial charge in [0.25, 0.3) is 0 Å². The number of fused-ring (bicyclic) bond motifs is 1. The first-order chi connectivity index (χ1) is 24.8. The van der Waals surface area contributed by atoms with Gasteiger partial charge in [-0.25, -0.2) is 27.9 Å². The summed E-state index contributed by atoms with van der Waals surface area (Å²) in [6.45, 7) is 2.03. The Morgan fingerprint density at radius 2 is 1.80 bits per heavy atom. The summed E-state index contributed by atoms with van der Waals surface area (Å²) in [4.78, 5) is 25.6. The molecule has 7 rings (SSSR count). The first-order valence-electron chi connectivity index (χ1n) is 16.4. The van der Waals surface area contributed by atoms with Gasteiger partial charge < -0.3 is 29.2 Å². The Bertz CT molecular complexity index is 2160. The fourth-order valence-corrected chi connectivity index (χ4v) is 5.83. The Balaban J connectivity index is 1.08. The molecule has 2 aromatic heterocycles. The van der Waals surface area contributed by atoms with Crippen molar-refractivity contribution in [2.24, 2.45) is 10.7 Å². The van der Waals surface area contributed by atoms with E-state index in [-0.39, 0.29) is 53.4 Å². The van der Waals surface area contributed by atoms with Crippen LogP contribution in [-0.2, 0) is 33.8 Å². The number of hydrogen-bond donors (Lipinski definition) is 1. The highest BCUT2D eigenvalue weighted by Gasteiger charge is 2.24. The van der Waals surface area contributed by atoms with Crippen LogP contribution in [0.3, 0.4) is 0 Å². The van der Waals surface area contributed by atoms with Crippen LogP contribution in [0, 0.1) is 17.5 Å². The quantitative estimate of drug-likeness (QED) is 0.124. The molecular formula is C38H34F3N5O5. The lowest BCUT2D eigenvalue weighted by Crippen LogP contribution is -2.31. The van der Waals surface area contributed by atoms with Crippen molar-refractivity contribution < 1.29 is 36.9 Å². The second-order valence-electron chi connectivity index (χ2n) is 12.3. The molecule has 13 heteroatoms. The number of halogens is 3. The molecule has 2 aliphatic heterocycles. The van der Waals surface area contributed by atoms with Crippen LogP contribution < -0.4 is 10.5 Å². The molecule has 3 aromatic carbocycles. The van der Waals surface area contributed by atoms with Gasteiger partial charge in [-0.3, -0.25) is 4.99 Å². The highest BCUT2D eigenvalue weighted by atomic mass is 19.1. The van der Waals surface area contributed by atoms with Gasteiger partial charge >= 0.3 is 5.97 Å². The molecule has 10 nitrogen and oxygen atoms in total. The number of pyridine rings is 1. The molecule has 2 saturated heterocycles. The van der Waals surface area contributed by atoms with Crippen LogP contribution in [0.4, 0.5) is 13.2 Å². The number of methoxy groups -OCH3 is 1. The maximum atomic E-state index is 15.7. The third kappa shape index (κ3) is 7.35. The number of benzene rings is 3. The predicted octanol–water partition coefficient (Wildman–Crippen LogP) is 6.03. The molecule has 0 unspecified atom stereocenters. The summed E-state index contributed by atoms with van der Waals surface area (Å²) in [6.07, 6.45) is 3.76. The van der Waals surface area contributed by atoms with Crippen molar-refractivity contribution in [1.82, 2.24) is 14.5 Å². The molecule has 2 N–H and O–H groups in total. The van der Waals surface area contributed by atoms with E-state index in [1.807, 2.05) is 4.57 Å². The van der Waals surface area contributed by atoms with Gasteiger partial charge in [0.15, 0.2) is 0 Å². The van der Waals surface area contributed by atoms with Crippen molar-refractivity contribution >= 4 is 28.8 Å². The number of carbonyl (C=O) groups is 1. The topological polar surface area (TPSA) is 123 Å². The molecule has 0 radical (unpaired) electrons. The molecule has 5 aromatic rings. The number of rotatable bonds is 12. The molecule has 0 bridgehead atoms. The molecule has 0 spiro atoms. The van der Waals surface area contributed by atoms with Gasteiger partial charge in [0.1, 0.15) is 29.9 Å². The zero-order valence-corrected chi connectivity index (χ0v) is 27.7. The SMILES string of the molecule is COC(=O)c1ccc2nc(Cc3cc(F)c(-c4cccc(OCc5ccc(C(C=NC6COC6)=CN)cc5F)n4)cc3F)n(C[C@@H]3CCO3)c2c1. The minimum absolute atomic E-state index is 0.0102. The summed E-state index contributed by atoms with van der Waals surface area (Å²) in [5.74, 6) is -1.73. The van der Waals surface area contributed by atoms with Crippen molar-refractivity contribution in [1.29, 1.82) is 0 Å². The number of carbonyl (C=O) groups excluding carboxylic acids is 1.